The van der Waals surface area contributed by atoms with Crippen LogP contribution in [0.25, 0.3) is 0 Å². The summed E-state index contributed by atoms with van der Waals surface area (Å²) in [7, 11) is 0. The second-order valence-electron chi connectivity index (χ2n) is 8.02. The number of hydrogen-bond acceptors (Lipinski definition) is 3. The van der Waals surface area contributed by atoms with Gasteiger partial charge in [0.2, 0.25) is 0 Å². The van der Waals surface area contributed by atoms with E-state index in [9.17, 15) is 9.90 Å². The highest BCUT2D eigenvalue weighted by molar-refractivity contribution is 5.69. The molecule has 3 rings (SSSR count). The molecule has 2 fully saturated rings. The SMILES string of the molecule is CC(C)(C)[C@]1(O)C[C@H]2CC[C@@H](C1)N2C(=O)OCc1ccccc1. The summed E-state index contributed by atoms with van der Waals surface area (Å²) in [5.41, 5.74) is 0.125. The van der Waals surface area contributed by atoms with Crippen LogP contribution in [0, 0.1) is 5.41 Å². The molecule has 3 atom stereocenters. The third-order valence-corrected chi connectivity index (χ3v) is 5.58. The summed E-state index contributed by atoms with van der Waals surface area (Å²) >= 11 is 0. The van der Waals surface area contributed by atoms with Gasteiger partial charge < -0.3 is 14.7 Å². The van der Waals surface area contributed by atoms with Gasteiger partial charge in [-0.15, -0.1) is 0 Å². The number of rotatable bonds is 2. The lowest BCUT2D eigenvalue weighted by Gasteiger charge is -2.49. The van der Waals surface area contributed by atoms with Crippen molar-refractivity contribution in [3.63, 3.8) is 0 Å². The quantitative estimate of drug-likeness (QED) is 0.904. The van der Waals surface area contributed by atoms with Gasteiger partial charge in [0.1, 0.15) is 6.61 Å². The molecule has 2 aliphatic heterocycles. The van der Waals surface area contributed by atoms with E-state index < -0.39 is 5.60 Å². The van der Waals surface area contributed by atoms with Gasteiger partial charge in [0.25, 0.3) is 0 Å². The molecule has 2 heterocycles. The minimum atomic E-state index is -0.699. The zero-order valence-electron chi connectivity index (χ0n) is 14.3. The van der Waals surface area contributed by atoms with Crippen molar-refractivity contribution in [2.24, 2.45) is 5.41 Å². The summed E-state index contributed by atoms with van der Waals surface area (Å²) in [4.78, 5) is 14.4. The first-order valence-corrected chi connectivity index (χ1v) is 8.51. The van der Waals surface area contributed by atoms with Crippen molar-refractivity contribution in [2.75, 3.05) is 0 Å². The highest BCUT2D eigenvalue weighted by atomic mass is 16.6. The predicted molar refractivity (Wildman–Crippen MR) is 88.9 cm³/mol. The summed E-state index contributed by atoms with van der Waals surface area (Å²) in [6, 6.07) is 9.94. The van der Waals surface area contributed by atoms with Crippen LogP contribution in [0.3, 0.4) is 0 Å². The number of ether oxygens (including phenoxy) is 1. The lowest BCUT2D eigenvalue weighted by Crippen LogP contribution is -2.57. The minimum absolute atomic E-state index is 0.0984. The van der Waals surface area contributed by atoms with E-state index in [2.05, 4.69) is 20.8 Å². The first-order chi connectivity index (χ1) is 10.8. The number of aliphatic hydroxyl groups is 1. The molecule has 2 saturated heterocycles. The molecule has 0 spiro atoms. The van der Waals surface area contributed by atoms with Crippen LogP contribution in [0.15, 0.2) is 30.3 Å². The molecular weight excluding hydrogens is 290 g/mol. The van der Waals surface area contributed by atoms with E-state index in [1.807, 2.05) is 35.2 Å². The van der Waals surface area contributed by atoms with Gasteiger partial charge in [-0.2, -0.15) is 0 Å². The van der Waals surface area contributed by atoms with E-state index >= 15 is 0 Å². The molecule has 1 N–H and O–H groups in total. The Balaban J connectivity index is 1.65. The smallest absolute Gasteiger partial charge is 0.410 e. The maximum absolute atomic E-state index is 12.5. The number of nitrogens with zero attached hydrogens (tertiary/aromatic N) is 1. The molecule has 4 nitrogen and oxygen atoms in total. The van der Waals surface area contributed by atoms with Crippen molar-refractivity contribution >= 4 is 6.09 Å². The minimum Gasteiger partial charge on any atom is -0.445 e. The van der Waals surface area contributed by atoms with Crippen LogP contribution in [0.1, 0.15) is 52.0 Å². The Morgan fingerprint density at radius 1 is 1.22 bits per heavy atom. The Bertz CT molecular complexity index is 550. The van der Waals surface area contributed by atoms with Crippen LogP contribution >= 0.6 is 0 Å². The van der Waals surface area contributed by atoms with E-state index in [1.165, 1.54) is 0 Å². The van der Waals surface area contributed by atoms with E-state index in [0.29, 0.717) is 19.4 Å². The normalized spacial score (nSPS) is 30.3. The Labute approximate surface area is 138 Å². The predicted octanol–water partition coefficient (Wildman–Crippen LogP) is 3.73. The summed E-state index contributed by atoms with van der Waals surface area (Å²) in [5, 5.41) is 11.0. The summed E-state index contributed by atoms with van der Waals surface area (Å²) in [6.45, 7) is 6.54. The number of benzene rings is 1. The fourth-order valence-electron chi connectivity index (χ4n) is 3.93. The largest absolute Gasteiger partial charge is 0.445 e. The molecule has 2 bridgehead atoms. The van der Waals surface area contributed by atoms with Crippen LogP contribution in [0.2, 0.25) is 0 Å². The molecule has 126 valence electrons. The van der Waals surface area contributed by atoms with E-state index in [1.54, 1.807) is 0 Å². The van der Waals surface area contributed by atoms with Gasteiger partial charge in [-0.3, -0.25) is 0 Å². The van der Waals surface area contributed by atoms with Gasteiger partial charge in [-0.25, -0.2) is 4.79 Å². The molecule has 23 heavy (non-hydrogen) atoms. The Morgan fingerprint density at radius 2 is 1.78 bits per heavy atom. The summed E-state index contributed by atoms with van der Waals surface area (Å²) < 4.78 is 5.51. The van der Waals surface area contributed by atoms with Gasteiger partial charge in [-0.1, -0.05) is 51.1 Å². The fourth-order valence-corrected chi connectivity index (χ4v) is 3.93. The molecule has 4 heteroatoms. The molecule has 0 radical (unpaired) electrons. The van der Waals surface area contributed by atoms with Crippen LogP contribution in [-0.2, 0) is 11.3 Å². The van der Waals surface area contributed by atoms with Gasteiger partial charge >= 0.3 is 6.09 Å². The molecule has 1 amide bonds. The summed E-state index contributed by atoms with van der Waals surface area (Å²) in [5.74, 6) is 0. The molecule has 2 aliphatic rings. The van der Waals surface area contributed by atoms with E-state index in [0.717, 1.165) is 18.4 Å². The lowest BCUT2D eigenvalue weighted by molar-refractivity contribution is -0.115. The number of fused-ring (bicyclic) bond motifs is 2. The highest BCUT2D eigenvalue weighted by Crippen LogP contribution is 2.48. The van der Waals surface area contributed by atoms with Gasteiger partial charge in [0, 0.05) is 12.1 Å². The van der Waals surface area contributed by atoms with Gasteiger partial charge in [0.15, 0.2) is 0 Å². The van der Waals surface area contributed by atoms with E-state index in [-0.39, 0.29) is 23.6 Å². The van der Waals surface area contributed by atoms with Gasteiger partial charge in [0.05, 0.1) is 5.60 Å². The van der Waals surface area contributed by atoms with Crippen molar-refractivity contribution in [2.45, 2.75) is 70.7 Å². The summed E-state index contributed by atoms with van der Waals surface area (Å²) in [6.07, 6.45) is 2.98. The molecule has 1 aromatic carbocycles. The molecule has 1 aromatic rings. The molecule has 0 unspecified atom stereocenters. The number of carbonyl (C=O) groups excluding carboxylic acids is 1. The van der Waals surface area contributed by atoms with E-state index in [4.69, 9.17) is 4.74 Å². The Kier molecular flexibility index (Phi) is 4.13. The highest BCUT2D eigenvalue weighted by Gasteiger charge is 2.54. The maximum atomic E-state index is 12.5. The third kappa shape index (κ3) is 3.09. The number of carbonyl (C=O) groups is 1. The second-order valence-corrected chi connectivity index (χ2v) is 8.02. The third-order valence-electron chi connectivity index (χ3n) is 5.58. The number of piperidine rings is 1. The monoisotopic (exact) mass is 317 g/mol. The lowest BCUT2D eigenvalue weighted by atomic mass is 9.69. The van der Waals surface area contributed by atoms with Crippen LogP contribution in [-0.4, -0.2) is 33.8 Å². The van der Waals surface area contributed by atoms with Crippen molar-refractivity contribution in [3.05, 3.63) is 35.9 Å². The topological polar surface area (TPSA) is 49.8 Å². The van der Waals surface area contributed by atoms with Crippen LogP contribution in [0.5, 0.6) is 0 Å². The zero-order chi connectivity index (χ0) is 16.7. The zero-order valence-corrected chi connectivity index (χ0v) is 14.3. The standard InChI is InChI=1S/C19H27NO3/c1-18(2,3)19(22)11-15-9-10-16(12-19)20(15)17(21)23-13-14-7-5-4-6-8-14/h4-8,15-16,22H,9-13H2,1-3H3/t15-,16+,19+. The first kappa shape index (κ1) is 16.3. The van der Waals surface area contributed by atoms with Crippen molar-refractivity contribution in [1.82, 2.24) is 4.90 Å². The first-order valence-electron chi connectivity index (χ1n) is 8.51. The number of amides is 1. The van der Waals surface area contributed by atoms with Crippen LogP contribution < -0.4 is 0 Å². The molecule has 0 saturated carbocycles. The Morgan fingerprint density at radius 3 is 2.30 bits per heavy atom. The average Bonchev–Trinajstić information content (AvgIpc) is 2.77. The molecular formula is C19H27NO3. The van der Waals surface area contributed by atoms with Crippen molar-refractivity contribution in [3.8, 4) is 0 Å². The molecule has 0 aliphatic carbocycles. The van der Waals surface area contributed by atoms with Crippen molar-refractivity contribution < 1.29 is 14.6 Å². The van der Waals surface area contributed by atoms with Crippen LogP contribution in [0.4, 0.5) is 4.79 Å². The second kappa shape index (κ2) is 5.82. The Hall–Kier alpha value is -1.55. The fraction of sp³-hybridized carbons (Fsp3) is 0.632. The van der Waals surface area contributed by atoms with Crippen molar-refractivity contribution in [1.29, 1.82) is 0 Å². The number of hydrogen-bond donors (Lipinski definition) is 1. The average molecular weight is 317 g/mol. The maximum Gasteiger partial charge on any atom is 0.410 e. The van der Waals surface area contributed by atoms with Gasteiger partial charge in [-0.05, 0) is 36.7 Å². The molecule has 0 aromatic heterocycles.